The highest BCUT2D eigenvalue weighted by molar-refractivity contribution is 6.09. The lowest BCUT2D eigenvalue weighted by Gasteiger charge is -2.28. The van der Waals surface area contributed by atoms with Gasteiger partial charge in [-0.1, -0.05) is 158 Å². The molecule has 0 radical (unpaired) electrons. The first-order chi connectivity index (χ1) is 25.2. The van der Waals surface area contributed by atoms with E-state index < -0.39 is 0 Å². The van der Waals surface area contributed by atoms with Gasteiger partial charge in [0.25, 0.3) is 0 Å². The van der Waals surface area contributed by atoms with E-state index in [1.54, 1.807) is 0 Å². The fourth-order valence-corrected chi connectivity index (χ4v) is 8.18. The normalized spacial score (nSPS) is 14.8. The summed E-state index contributed by atoms with van der Waals surface area (Å²) in [5.41, 5.74) is 14.8. The number of aromatic nitrogens is 2. The molecular weight excluding hydrogens is 621 g/mol. The zero-order valence-corrected chi connectivity index (χ0v) is 28.0. The molecule has 0 amide bonds. The van der Waals surface area contributed by atoms with Crippen LogP contribution in [0.3, 0.4) is 0 Å². The van der Waals surface area contributed by atoms with E-state index in [0.717, 1.165) is 55.6 Å². The van der Waals surface area contributed by atoms with Crippen molar-refractivity contribution >= 4 is 21.9 Å². The third-order valence-corrected chi connectivity index (χ3v) is 10.6. The number of hydrogen-bond donors (Lipinski definition) is 0. The average molecular weight is 653 g/mol. The SMILES string of the molecule is CC1(c2ccccc2)c2ccccc2-c2c(-c3ccccc3-c3cc(-c4cccc5c4oc4ccccc45)nc(-c4ccccc4)n3)cccc21. The molecule has 0 N–H and O–H groups in total. The van der Waals surface area contributed by atoms with Gasteiger partial charge in [-0.2, -0.15) is 0 Å². The van der Waals surface area contributed by atoms with Gasteiger partial charge in [0.15, 0.2) is 5.82 Å². The quantitative estimate of drug-likeness (QED) is 0.186. The highest BCUT2D eigenvalue weighted by atomic mass is 16.3. The van der Waals surface area contributed by atoms with Crippen LogP contribution in [-0.2, 0) is 5.41 Å². The van der Waals surface area contributed by atoms with Crippen molar-refractivity contribution in [3.8, 4) is 56.2 Å². The summed E-state index contributed by atoms with van der Waals surface area (Å²) in [6.45, 7) is 2.37. The number of furan rings is 1. The number of nitrogens with zero attached hydrogens (tertiary/aromatic N) is 2. The summed E-state index contributed by atoms with van der Waals surface area (Å²) in [6.07, 6.45) is 0. The Bertz CT molecular complexity index is 2760. The summed E-state index contributed by atoms with van der Waals surface area (Å²) in [7, 11) is 0. The highest BCUT2D eigenvalue weighted by Crippen LogP contribution is 2.55. The summed E-state index contributed by atoms with van der Waals surface area (Å²) >= 11 is 0. The van der Waals surface area contributed by atoms with Crippen LogP contribution in [0.2, 0.25) is 0 Å². The van der Waals surface area contributed by atoms with Crippen LogP contribution in [0, 0.1) is 0 Å². The Labute approximate surface area is 296 Å². The minimum Gasteiger partial charge on any atom is -0.455 e. The van der Waals surface area contributed by atoms with E-state index in [-0.39, 0.29) is 5.41 Å². The molecule has 0 saturated heterocycles. The van der Waals surface area contributed by atoms with Crippen molar-refractivity contribution < 1.29 is 4.42 Å². The van der Waals surface area contributed by atoms with E-state index >= 15 is 0 Å². The third kappa shape index (κ3) is 4.52. The van der Waals surface area contributed by atoms with Gasteiger partial charge in [0.05, 0.1) is 11.4 Å². The fraction of sp³-hybridized carbons (Fsp3) is 0.0417. The van der Waals surface area contributed by atoms with Crippen molar-refractivity contribution in [3.63, 3.8) is 0 Å². The second-order valence-electron chi connectivity index (χ2n) is 13.4. The van der Waals surface area contributed by atoms with Crippen molar-refractivity contribution in [1.82, 2.24) is 9.97 Å². The topological polar surface area (TPSA) is 38.9 Å². The molecule has 9 aromatic rings. The maximum atomic E-state index is 6.50. The van der Waals surface area contributed by atoms with Gasteiger partial charge in [0.2, 0.25) is 0 Å². The zero-order valence-electron chi connectivity index (χ0n) is 28.0. The van der Waals surface area contributed by atoms with Gasteiger partial charge < -0.3 is 4.42 Å². The van der Waals surface area contributed by atoms with Crippen molar-refractivity contribution in [2.75, 3.05) is 0 Å². The Kier molecular flexibility index (Phi) is 6.62. The predicted octanol–water partition coefficient (Wildman–Crippen LogP) is 12.4. The van der Waals surface area contributed by atoms with Gasteiger partial charge >= 0.3 is 0 Å². The lowest BCUT2D eigenvalue weighted by atomic mass is 9.74. The smallest absolute Gasteiger partial charge is 0.160 e. The van der Waals surface area contributed by atoms with E-state index in [1.807, 2.05) is 30.3 Å². The van der Waals surface area contributed by atoms with Crippen molar-refractivity contribution in [1.29, 1.82) is 0 Å². The number of benzene rings is 7. The van der Waals surface area contributed by atoms with Crippen molar-refractivity contribution in [2.24, 2.45) is 0 Å². The fourth-order valence-electron chi connectivity index (χ4n) is 8.18. The molecule has 2 heterocycles. The van der Waals surface area contributed by atoms with Crippen LogP contribution < -0.4 is 0 Å². The molecule has 0 bridgehead atoms. The van der Waals surface area contributed by atoms with Crippen LogP contribution in [0.25, 0.3) is 78.1 Å². The first-order valence-corrected chi connectivity index (χ1v) is 17.4. The predicted molar refractivity (Wildman–Crippen MR) is 208 cm³/mol. The lowest BCUT2D eigenvalue weighted by Crippen LogP contribution is -2.22. The molecule has 0 spiro atoms. The van der Waals surface area contributed by atoms with Crippen molar-refractivity contribution in [2.45, 2.75) is 12.3 Å². The van der Waals surface area contributed by atoms with Gasteiger partial charge in [-0.15, -0.1) is 0 Å². The van der Waals surface area contributed by atoms with Crippen molar-refractivity contribution in [3.05, 3.63) is 193 Å². The Balaban J connectivity index is 1.22. The first-order valence-electron chi connectivity index (χ1n) is 17.4. The molecule has 3 heteroatoms. The third-order valence-electron chi connectivity index (χ3n) is 10.6. The van der Waals surface area contributed by atoms with Crippen LogP contribution in [0.5, 0.6) is 0 Å². The molecule has 1 aliphatic rings. The maximum absolute atomic E-state index is 6.50. The molecule has 0 aliphatic heterocycles. The summed E-state index contributed by atoms with van der Waals surface area (Å²) in [6, 6.07) is 62.1. The van der Waals surface area contributed by atoms with E-state index in [0.29, 0.717) is 5.82 Å². The van der Waals surface area contributed by atoms with E-state index in [9.17, 15) is 0 Å². The Hall–Kier alpha value is -6.58. The minimum absolute atomic E-state index is 0.286. The Morgan fingerprint density at radius 2 is 1.02 bits per heavy atom. The molecule has 1 aliphatic carbocycles. The van der Waals surface area contributed by atoms with Gasteiger partial charge in [-0.3, -0.25) is 0 Å². The zero-order chi connectivity index (χ0) is 33.9. The number of fused-ring (bicyclic) bond motifs is 6. The molecule has 0 saturated carbocycles. The summed E-state index contributed by atoms with van der Waals surface area (Å²) in [4.78, 5) is 10.5. The molecule has 3 nitrogen and oxygen atoms in total. The monoisotopic (exact) mass is 652 g/mol. The van der Waals surface area contributed by atoms with E-state index in [2.05, 4.69) is 153 Å². The second-order valence-corrected chi connectivity index (χ2v) is 13.4. The van der Waals surface area contributed by atoms with Crippen LogP contribution in [0.4, 0.5) is 0 Å². The Morgan fingerprint density at radius 3 is 1.84 bits per heavy atom. The summed E-state index contributed by atoms with van der Waals surface area (Å²) < 4.78 is 6.50. The number of rotatable bonds is 5. The molecule has 51 heavy (non-hydrogen) atoms. The van der Waals surface area contributed by atoms with Crippen LogP contribution in [0.15, 0.2) is 180 Å². The molecule has 1 atom stereocenters. The molecule has 1 unspecified atom stereocenters. The standard InChI is InChI=1S/C48H32N2O/c1-48(32-18-6-3-7-19-32)40-27-12-10-23-38(40)45-36(24-15-28-41(45)48)33-20-8-9-21-34(33)42-30-43(50-47(49-42)31-16-4-2-5-17-31)39-26-14-25-37-35-22-11-13-29-44(35)51-46(37)39/h2-30H,1H3. The van der Waals surface area contributed by atoms with E-state index in [1.165, 1.54) is 33.4 Å². The summed E-state index contributed by atoms with van der Waals surface area (Å²) in [5, 5.41) is 2.17. The number of hydrogen-bond acceptors (Lipinski definition) is 3. The van der Waals surface area contributed by atoms with Gasteiger partial charge in [0, 0.05) is 32.9 Å². The van der Waals surface area contributed by atoms with Gasteiger partial charge in [0.1, 0.15) is 11.2 Å². The van der Waals surface area contributed by atoms with Crippen LogP contribution >= 0.6 is 0 Å². The average Bonchev–Trinajstić information content (AvgIpc) is 3.72. The first kappa shape index (κ1) is 29.3. The van der Waals surface area contributed by atoms with Crippen LogP contribution in [0.1, 0.15) is 23.6 Å². The summed E-state index contributed by atoms with van der Waals surface area (Å²) in [5.74, 6) is 0.673. The molecule has 0 fully saturated rings. The molecule has 10 rings (SSSR count). The largest absolute Gasteiger partial charge is 0.455 e. The lowest BCUT2D eigenvalue weighted by molar-refractivity contribution is 0.670. The van der Waals surface area contributed by atoms with Gasteiger partial charge in [-0.25, -0.2) is 9.97 Å². The van der Waals surface area contributed by atoms with E-state index in [4.69, 9.17) is 14.4 Å². The molecule has 7 aromatic carbocycles. The van der Waals surface area contributed by atoms with Crippen LogP contribution in [-0.4, -0.2) is 9.97 Å². The molecule has 2 aromatic heterocycles. The minimum atomic E-state index is -0.286. The maximum Gasteiger partial charge on any atom is 0.160 e. The second kappa shape index (κ2) is 11.5. The Morgan fingerprint density at radius 1 is 0.451 bits per heavy atom. The molecular formula is C48H32N2O. The van der Waals surface area contributed by atoms with Gasteiger partial charge in [-0.05, 0) is 64.1 Å². The highest BCUT2D eigenvalue weighted by Gasteiger charge is 2.41. The number of para-hydroxylation sites is 2. The molecule has 240 valence electrons.